The van der Waals surface area contributed by atoms with Crippen molar-refractivity contribution in [1.82, 2.24) is 4.98 Å². The summed E-state index contributed by atoms with van der Waals surface area (Å²) < 4.78 is 6.10. The van der Waals surface area contributed by atoms with Crippen LogP contribution in [0.3, 0.4) is 0 Å². The summed E-state index contributed by atoms with van der Waals surface area (Å²) in [5.74, 6) is 1.21. The van der Waals surface area contributed by atoms with Gasteiger partial charge in [-0.1, -0.05) is 18.7 Å². The third-order valence-corrected chi connectivity index (χ3v) is 3.27. The van der Waals surface area contributed by atoms with Gasteiger partial charge in [0.25, 0.3) is 5.82 Å². The highest BCUT2D eigenvalue weighted by molar-refractivity contribution is 9.10. The van der Waals surface area contributed by atoms with Crippen LogP contribution in [0, 0.1) is 13.5 Å². The quantitative estimate of drug-likeness (QED) is 0.770. The molecule has 0 saturated carbocycles. The van der Waals surface area contributed by atoms with E-state index in [-0.39, 0.29) is 0 Å². The van der Waals surface area contributed by atoms with Gasteiger partial charge in [-0.2, -0.15) is 0 Å². The molecule has 2 aromatic rings. The molecule has 4 heteroatoms. The molecule has 0 radical (unpaired) electrons. The van der Waals surface area contributed by atoms with E-state index in [2.05, 4.69) is 25.8 Å². The van der Waals surface area contributed by atoms with E-state index in [4.69, 9.17) is 11.3 Å². The molecule has 1 aromatic carbocycles. The monoisotopic (exact) mass is 302 g/mol. The Kier molecular flexibility index (Phi) is 3.63. The predicted octanol–water partition coefficient (Wildman–Crippen LogP) is 4.38. The normalized spacial score (nSPS) is 9.89. The Labute approximate surface area is 114 Å². The molecule has 0 spiro atoms. The molecule has 1 heterocycles. The average molecular weight is 303 g/mol. The van der Waals surface area contributed by atoms with Crippen molar-refractivity contribution in [2.24, 2.45) is 0 Å². The van der Waals surface area contributed by atoms with E-state index < -0.39 is 0 Å². The highest BCUT2D eigenvalue weighted by atomic mass is 79.9. The summed E-state index contributed by atoms with van der Waals surface area (Å²) >= 11 is 3.46. The van der Waals surface area contributed by atoms with Crippen molar-refractivity contribution in [2.75, 3.05) is 7.11 Å². The maximum absolute atomic E-state index is 6.94. The summed E-state index contributed by atoms with van der Waals surface area (Å²) in [5.41, 5.74) is 2.91. The van der Waals surface area contributed by atoms with Crippen molar-refractivity contribution in [1.29, 1.82) is 0 Å². The molecule has 0 aliphatic rings. The van der Waals surface area contributed by atoms with Crippen LogP contribution in [0.5, 0.6) is 5.75 Å². The molecule has 0 saturated heterocycles. The molecule has 0 aliphatic heterocycles. The van der Waals surface area contributed by atoms with Gasteiger partial charge in [-0.25, -0.2) is 0 Å². The Morgan fingerprint density at radius 2 is 2.06 bits per heavy atom. The third kappa shape index (κ3) is 2.36. The lowest BCUT2D eigenvalue weighted by Crippen LogP contribution is -1.89. The van der Waals surface area contributed by atoms with Crippen LogP contribution in [0.1, 0.15) is 5.69 Å². The van der Waals surface area contributed by atoms with Crippen LogP contribution in [0.4, 0.5) is 5.82 Å². The number of hydrogen-bond acceptors (Lipinski definition) is 2. The summed E-state index contributed by atoms with van der Waals surface area (Å²) in [6.45, 7) is 8.85. The first kappa shape index (κ1) is 12.6. The molecule has 2 rings (SSSR count). The van der Waals surface area contributed by atoms with Gasteiger partial charge in [0.1, 0.15) is 11.4 Å². The lowest BCUT2D eigenvalue weighted by molar-refractivity contribution is 0.412. The molecule has 0 aliphatic carbocycles. The number of halogens is 1. The van der Waals surface area contributed by atoms with Crippen molar-refractivity contribution in [3.8, 4) is 16.9 Å². The van der Waals surface area contributed by atoms with Gasteiger partial charge in [0.05, 0.1) is 11.6 Å². The van der Waals surface area contributed by atoms with Gasteiger partial charge in [0, 0.05) is 12.5 Å². The van der Waals surface area contributed by atoms with Gasteiger partial charge in [-0.3, -0.25) is 0 Å². The topological polar surface area (TPSA) is 26.5 Å². The maximum atomic E-state index is 6.94. The summed E-state index contributed by atoms with van der Waals surface area (Å²) in [6, 6.07) is 9.52. The molecular weight excluding hydrogens is 292 g/mol. The van der Waals surface area contributed by atoms with Gasteiger partial charge in [-0.15, -0.1) is 4.98 Å². The Balaban J connectivity index is 2.49. The van der Waals surface area contributed by atoms with E-state index in [0.717, 1.165) is 27.0 Å². The lowest BCUT2D eigenvalue weighted by atomic mass is 10.0. The minimum atomic E-state index is 0.420. The number of pyridine rings is 1. The fourth-order valence-corrected chi connectivity index (χ4v) is 2.29. The molecule has 0 atom stereocenters. The molecule has 18 heavy (non-hydrogen) atoms. The summed E-state index contributed by atoms with van der Waals surface area (Å²) in [5, 5.41) is 0. The second-order valence-corrected chi connectivity index (χ2v) is 4.62. The number of nitrogens with zero attached hydrogens (tertiary/aromatic N) is 2. The van der Waals surface area contributed by atoms with Crippen molar-refractivity contribution < 1.29 is 4.74 Å². The minimum Gasteiger partial charge on any atom is -0.496 e. The van der Waals surface area contributed by atoms with Crippen LogP contribution in [0.25, 0.3) is 16.0 Å². The molecule has 1 aromatic heterocycles. The van der Waals surface area contributed by atoms with E-state index in [1.807, 2.05) is 31.2 Å². The zero-order valence-electron chi connectivity index (χ0n) is 10.1. The number of methoxy groups -OCH3 is 1. The Morgan fingerprint density at radius 3 is 2.61 bits per heavy atom. The fraction of sp³-hybridized carbons (Fsp3) is 0.143. The van der Waals surface area contributed by atoms with E-state index in [1.54, 1.807) is 13.2 Å². The number of rotatable bonds is 2. The largest absolute Gasteiger partial charge is 0.496 e. The fourth-order valence-electron chi connectivity index (χ4n) is 1.75. The van der Waals surface area contributed by atoms with Crippen molar-refractivity contribution >= 4 is 21.7 Å². The van der Waals surface area contributed by atoms with E-state index in [1.165, 1.54) is 0 Å². The van der Waals surface area contributed by atoms with E-state index in [0.29, 0.717) is 5.82 Å². The number of hydrogen-bond donors (Lipinski definition) is 0. The molecule has 0 N–H and O–H groups in total. The molecule has 90 valence electrons. The van der Waals surface area contributed by atoms with E-state index in [9.17, 15) is 0 Å². The van der Waals surface area contributed by atoms with Gasteiger partial charge < -0.3 is 9.58 Å². The molecular formula is C14H11BrN2O. The summed E-state index contributed by atoms with van der Waals surface area (Å²) in [6.07, 6.45) is 0. The zero-order valence-corrected chi connectivity index (χ0v) is 11.7. The molecule has 3 nitrogen and oxygen atoms in total. The summed E-state index contributed by atoms with van der Waals surface area (Å²) in [7, 11) is 1.64. The molecule has 0 fully saturated rings. The van der Waals surface area contributed by atoms with Gasteiger partial charge >= 0.3 is 0 Å². The van der Waals surface area contributed by atoms with Crippen LogP contribution < -0.4 is 4.74 Å². The van der Waals surface area contributed by atoms with Crippen LogP contribution in [0.15, 0.2) is 34.8 Å². The highest BCUT2D eigenvalue weighted by Crippen LogP contribution is 2.32. The number of aryl methyl sites for hydroxylation is 1. The predicted molar refractivity (Wildman–Crippen MR) is 74.9 cm³/mol. The lowest BCUT2D eigenvalue weighted by Gasteiger charge is -2.07. The number of ether oxygens (including phenoxy) is 1. The standard InChI is InChI=1S/C14H11BrN2O/c1-9-11(5-7-14(16-2)17-9)10-4-6-13(18-3)12(15)8-10/h4-8H,1,3H3. The van der Waals surface area contributed by atoms with E-state index >= 15 is 0 Å². The number of aromatic nitrogens is 1. The van der Waals surface area contributed by atoms with Crippen LogP contribution >= 0.6 is 15.9 Å². The number of benzene rings is 1. The first-order valence-electron chi connectivity index (χ1n) is 5.34. The third-order valence-electron chi connectivity index (χ3n) is 2.65. The smallest absolute Gasteiger partial charge is 0.269 e. The summed E-state index contributed by atoms with van der Waals surface area (Å²) in [4.78, 5) is 7.56. The minimum absolute atomic E-state index is 0.420. The van der Waals surface area contributed by atoms with Gasteiger partial charge in [0.15, 0.2) is 0 Å². The molecule has 0 amide bonds. The zero-order chi connectivity index (χ0) is 13.1. The van der Waals surface area contributed by atoms with Gasteiger partial charge in [-0.05, 0) is 39.7 Å². The van der Waals surface area contributed by atoms with Crippen LogP contribution in [-0.4, -0.2) is 12.1 Å². The molecule has 0 bridgehead atoms. The highest BCUT2D eigenvalue weighted by Gasteiger charge is 2.09. The average Bonchev–Trinajstić information content (AvgIpc) is 2.38. The van der Waals surface area contributed by atoms with Crippen molar-refractivity contribution in [3.63, 3.8) is 0 Å². The first-order chi connectivity index (χ1) is 8.65. The van der Waals surface area contributed by atoms with Crippen molar-refractivity contribution in [2.45, 2.75) is 6.92 Å². The van der Waals surface area contributed by atoms with Crippen molar-refractivity contribution in [3.05, 3.63) is 51.9 Å². The Hall–Kier alpha value is -1.86. The van der Waals surface area contributed by atoms with Gasteiger partial charge in [0.2, 0.25) is 0 Å². The van der Waals surface area contributed by atoms with Crippen LogP contribution in [0.2, 0.25) is 0 Å². The molecule has 0 unspecified atom stereocenters. The SMILES string of the molecule is [C-]#[N+]c1ccc(-c2ccc(OC)c(Br)c2)c(C)n1. The second-order valence-electron chi connectivity index (χ2n) is 3.76. The maximum Gasteiger partial charge on any atom is 0.269 e. The Morgan fingerprint density at radius 1 is 1.28 bits per heavy atom. The first-order valence-corrected chi connectivity index (χ1v) is 6.14. The van der Waals surface area contributed by atoms with Crippen LogP contribution in [-0.2, 0) is 0 Å². The second kappa shape index (κ2) is 5.19. The Bertz CT molecular complexity index is 632.